The zero-order chi connectivity index (χ0) is 26.8. The van der Waals surface area contributed by atoms with Crippen molar-refractivity contribution in [1.29, 1.82) is 0 Å². The zero-order valence-electron chi connectivity index (χ0n) is 21.0. The van der Waals surface area contributed by atoms with Crippen LogP contribution in [-0.2, 0) is 14.8 Å². The predicted molar refractivity (Wildman–Crippen MR) is 142 cm³/mol. The summed E-state index contributed by atoms with van der Waals surface area (Å²) in [5, 5.41) is 3.35. The summed E-state index contributed by atoms with van der Waals surface area (Å²) in [5.41, 5.74) is 0.510. The standard InChI is InChI=1S/C27H29ClN2O6S/c1-27(2)16-24(23-13-10-21(35-4)15-25(23)36-27)29-26(31)17-30(19-7-5-6-18(28)14-19)37(32,33)22-11-8-20(34-3)9-12-22/h5-15,24H,16-17H2,1-4H3,(H,29,31). The van der Waals surface area contributed by atoms with Gasteiger partial charge in [0.05, 0.1) is 30.8 Å². The van der Waals surface area contributed by atoms with Gasteiger partial charge in [-0.25, -0.2) is 8.42 Å². The minimum absolute atomic E-state index is 0.0192. The zero-order valence-corrected chi connectivity index (χ0v) is 22.6. The van der Waals surface area contributed by atoms with Crippen LogP contribution in [0.25, 0.3) is 0 Å². The molecule has 4 rings (SSSR count). The summed E-state index contributed by atoms with van der Waals surface area (Å²) in [6, 6.07) is 17.4. The topological polar surface area (TPSA) is 94.2 Å². The summed E-state index contributed by atoms with van der Waals surface area (Å²) < 4.78 is 45.0. The molecule has 1 N–H and O–H groups in total. The molecule has 1 unspecified atom stereocenters. The summed E-state index contributed by atoms with van der Waals surface area (Å²) in [5.74, 6) is 1.29. The molecule has 37 heavy (non-hydrogen) atoms. The van der Waals surface area contributed by atoms with Crippen molar-refractivity contribution in [1.82, 2.24) is 5.32 Å². The lowest BCUT2D eigenvalue weighted by atomic mass is 9.89. The number of halogens is 1. The number of hydrogen-bond acceptors (Lipinski definition) is 6. The van der Waals surface area contributed by atoms with E-state index in [-0.39, 0.29) is 16.6 Å². The van der Waals surface area contributed by atoms with Crippen LogP contribution < -0.4 is 23.8 Å². The molecule has 1 aliphatic rings. The van der Waals surface area contributed by atoms with Crippen molar-refractivity contribution in [3.63, 3.8) is 0 Å². The smallest absolute Gasteiger partial charge is 0.264 e. The quantitative estimate of drug-likeness (QED) is 0.430. The van der Waals surface area contributed by atoms with Gasteiger partial charge in [-0.05, 0) is 68.4 Å². The number of amides is 1. The van der Waals surface area contributed by atoms with Crippen LogP contribution in [0.15, 0.2) is 71.6 Å². The van der Waals surface area contributed by atoms with E-state index in [0.717, 1.165) is 9.87 Å². The number of carbonyl (C=O) groups excluding carboxylic acids is 1. The molecule has 1 atom stereocenters. The van der Waals surface area contributed by atoms with Crippen LogP contribution in [0.3, 0.4) is 0 Å². The first-order chi connectivity index (χ1) is 17.5. The molecule has 0 saturated carbocycles. The maximum atomic E-state index is 13.7. The molecule has 3 aromatic carbocycles. The van der Waals surface area contributed by atoms with Crippen molar-refractivity contribution >= 4 is 33.2 Å². The van der Waals surface area contributed by atoms with Crippen LogP contribution in [0.5, 0.6) is 17.2 Å². The molecule has 1 amide bonds. The number of nitrogens with zero attached hydrogens (tertiary/aromatic N) is 1. The van der Waals surface area contributed by atoms with Gasteiger partial charge in [-0.2, -0.15) is 0 Å². The molecule has 196 valence electrons. The third-order valence-electron chi connectivity index (χ3n) is 6.04. The number of hydrogen-bond donors (Lipinski definition) is 1. The Morgan fingerprint density at radius 1 is 1.05 bits per heavy atom. The van der Waals surface area contributed by atoms with E-state index in [4.69, 9.17) is 25.8 Å². The van der Waals surface area contributed by atoms with Crippen LogP contribution in [0.1, 0.15) is 31.9 Å². The Labute approximate surface area is 222 Å². The summed E-state index contributed by atoms with van der Waals surface area (Å²) in [6.07, 6.45) is 0.500. The molecule has 8 nitrogen and oxygen atoms in total. The van der Waals surface area contributed by atoms with Crippen molar-refractivity contribution in [3.05, 3.63) is 77.3 Å². The minimum atomic E-state index is -4.11. The largest absolute Gasteiger partial charge is 0.497 e. The van der Waals surface area contributed by atoms with Gasteiger partial charge in [-0.3, -0.25) is 9.10 Å². The Morgan fingerprint density at radius 2 is 1.73 bits per heavy atom. The Kier molecular flexibility index (Phi) is 7.57. The van der Waals surface area contributed by atoms with E-state index in [9.17, 15) is 13.2 Å². The maximum absolute atomic E-state index is 13.7. The molecule has 0 aromatic heterocycles. The van der Waals surface area contributed by atoms with Gasteiger partial charge >= 0.3 is 0 Å². The molecule has 0 spiro atoms. The Balaban J connectivity index is 1.65. The number of rotatable bonds is 8. The van der Waals surface area contributed by atoms with Gasteiger partial charge in [0.1, 0.15) is 29.4 Å². The third-order valence-corrected chi connectivity index (χ3v) is 8.07. The molecular weight excluding hydrogens is 516 g/mol. The molecule has 10 heteroatoms. The average Bonchev–Trinajstić information content (AvgIpc) is 2.86. The number of ether oxygens (including phenoxy) is 3. The normalized spacial score (nSPS) is 16.2. The lowest BCUT2D eigenvalue weighted by Gasteiger charge is -2.38. The van der Waals surface area contributed by atoms with E-state index >= 15 is 0 Å². The van der Waals surface area contributed by atoms with Crippen LogP contribution >= 0.6 is 11.6 Å². The highest BCUT2D eigenvalue weighted by Crippen LogP contribution is 2.41. The molecule has 0 bridgehead atoms. The molecule has 0 aliphatic carbocycles. The van der Waals surface area contributed by atoms with E-state index in [2.05, 4.69) is 5.32 Å². The number of carbonyl (C=O) groups is 1. The van der Waals surface area contributed by atoms with E-state index in [0.29, 0.717) is 28.7 Å². The highest BCUT2D eigenvalue weighted by molar-refractivity contribution is 7.92. The molecule has 1 aliphatic heterocycles. The summed E-state index contributed by atoms with van der Waals surface area (Å²) in [7, 11) is -1.04. The number of sulfonamides is 1. The number of methoxy groups -OCH3 is 2. The number of anilines is 1. The Morgan fingerprint density at radius 3 is 2.38 bits per heavy atom. The van der Waals surface area contributed by atoms with Crippen LogP contribution in [-0.4, -0.2) is 40.7 Å². The fourth-order valence-electron chi connectivity index (χ4n) is 4.28. The fourth-order valence-corrected chi connectivity index (χ4v) is 5.88. The number of nitrogens with one attached hydrogen (secondary N) is 1. The summed E-state index contributed by atoms with van der Waals surface area (Å²) in [4.78, 5) is 13.4. The first kappa shape index (κ1) is 26.6. The first-order valence-corrected chi connectivity index (χ1v) is 13.4. The van der Waals surface area contributed by atoms with Gasteiger partial charge in [0, 0.05) is 23.1 Å². The van der Waals surface area contributed by atoms with Crippen molar-refractivity contribution < 1.29 is 27.4 Å². The number of benzene rings is 3. The highest BCUT2D eigenvalue weighted by Gasteiger charge is 2.36. The van der Waals surface area contributed by atoms with Crippen LogP contribution in [0.4, 0.5) is 5.69 Å². The van der Waals surface area contributed by atoms with Crippen molar-refractivity contribution in [2.75, 3.05) is 25.1 Å². The van der Waals surface area contributed by atoms with Crippen molar-refractivity contribution in [2.45, 2.75) is 36.8 Å². The minimum Gasteiger partial charge on any atom is -0.497 e. The van der Waals surface area contributed by atoms with Gasteiger partial charge in [-0.15, -0.1) is 0 Å². The summed E-state index contributed by atoms with van der Waals surface area (Å²) >= 11 is 6.17. The van der Waals surface area contributed by atoms with Crippen molar-refractivity contribution in [3.8, 4) is 17.2 Å². The van der Waals surface area contributed by atoms with Crippen molar-refractivity contribution in [2.24, 2.45) is 0 Å². The second-order valence-electron chi connectivity index (χ2n) is 9.26. The molecule has 1 heterocycles. The van der Waals surface area contributed by atoms with E-state index < -0.39 is 28.1 Å². The highest BCUT2D eigenvalue weighted by atomic mass is 35.5. The first-order valence-electron chi connectivity index (χ1n) is 11.6. The average molecular weight is 545 g/mol. The second-order valence-corrected chi connectivity index (χ2v) is 11.6. The fraction of sp³-hybridized carbons (Fsp3) is 0.296. The van der Waals surface area contributed by atoms with Crippen LogP contribution in [0, 0.1) is 0 Å². The number of fused-ring (bicyclic) bond motifs is 1. The molecule has 0 saturated heterocycles. The van der Waals surface area contributed by atoms with Gasteiger partial charge in [-0.1, -0.05) is 17.7 Å². The van der Waals surface area contributed by atoms with Gasteiger partial charge in [0.25, 0.3) is 10.0 Å². The SMILES string of the molecule is COc1ccc(S(=O)(=O)N(CC(=O)NC2CC(C)(C)Oc3cc(OC)ccc32)c2cccc(Cl)c2)cc1. The van der Waals surface area contributed by atoms with Crippen LogP contribution in [0.2, 0.25) is 5.02 Å². The van der Waals surface area contributed by atoms with Gasteiger partial charge in [0.15, 0.2) is 0 Å². The molecular formula is C27H29ClN2O6S. The Bertz CT molecular complexity index is 1390. The lowest BCUT2D eigenvalue weighted by molar-refractivity contribution is -0.120. The monoisotopic (exact) mass is 544 g/mol. The van der Waals surface area contributed by atoms with Gasteiger partial charge < -0.3 is 19.5 Å². The molecule has 0 fully saturated rings. The molecule has 0 radical (unpaired) electrons. The Hall–Kier alpha value is -3.43. The van der Waals surface area contributed by atoms with E-state index in [1.54, 1.807) is 49.6 Å². The predicted octanol–water partition coefficient (Wildman–Crippen LogP) is 4.97. The summed E-state index contributed by atoms with van der Waals surface area (Å²) in [6.45, 7) is 3.42. The maximum Gasteiger partial charge on any atom is 0.264 e. The third kappa shape index (κ3) is 5.94. The van der Waals surface area contributed by atoms with E-state index in [1.807, 2.05) is 19.9 Å². The molecule has 3 aromatic rings. The second kappa shape index (κ2) is 10.5. The van der Waals surface area contributed by atoms with E-state index in [1.165, 1.54) is 25.3 Å². The van der Waals surface area contributed by atoms with Gasteiger partial charge in [0.2, 0.25) is 5.91 Å². The lowest BCUT2D eigenvalue weighted by Crippen LogP contribution is -2.45.